The monoisotopic (exact) mass is 254 g/mol. The Bertz CT molecular complexity index is 460. The maximum atomic E-state index is 13.3. The molecule has 2 rings (SSSR count). The van der Waals surface area contributed by atoms with Gasteiger partial charge in [-0.25, -0.2) is 4.39 Å². The smallest absolute Gasteiger partial charge is 0.120 e. The van der Waals surface area contributed by atoms with E-state index in [1.165, 1.54) is 0 Å². The van der Waals surface area contributed by atoms with Gasteiger partial charge < -0.3 is 10.0 Å². The molecule has 0 saturated carbocycles. The van der Waals surface area contributed by atoms with Crippen LogP contribution >= 0.6 is 11.6 Å². The fourth-order valence-corrected chi connectivity index (χ4v) is 2.34. The van der Waals surface area contributed by atoms with Gasteiger partial charge in [-0.1, -0.05) is 11.6 Å². The van der Waals surface area contributed by atoms with Crippen LogP contribution in [0.5, 0.6) is 0 Å². The molecular weight excluding hydrogens is 243 g/mol. The summed E-state index contributed by atoms with van der Waals surface area (Å²) in [6, 6.07) is 6.74. The summed E-state index contributed by atoms with van der Waals surface area (Å²) in [7, 11) is 0. The Labute approximate surface area is 104 Å². The molecule has 1 heterocycles. The molecule has 0 aliphatic carbocycles. The van der Waals surface area contributed by atoms with Crippen LogP contribution in [-0.2, 0) is 0 Å². The number of aliphatic hydroxyl groups is 1. The molecule has 1 fully saturated rings. The second kappa shape index (κ2) is 4.91. The van der Waals surface area contributed by atoms with Crippen molar-refractivity contribution in [2.45, 2.75) is 18.6 Å². The first-order valence-corrected chi connectivity index (χ1v) is 5.74. The lowest BCUT2D eigenvalue weighted by molar-refractivity contribution is 0.255. The maximum Gasteiger partial charge on any atom is 0.120 e. The van der Waals surface area contributed by atoms with Gasteiger partial charge >= 0.3 is 0 Å². The molecule has 0 aromatic heterocycles. The number of alkyl halides is 1. The Balaban J connectivity index is 2.28. The number of anilines is 1. The molecule has 0 bridgehead atoms. The summed E-state index contributed by atoms with van der Waals surface area (Å²) in [5.41, 5.74) is 1.14. The summed E-state index contributed by atoms with van der Waals surface area (Å²) in [5.74, 6) is 0. The molecule has 1 saturated heterocycles. The van der Waals surface area contributed by atoms with Crippen molar-refractivity contribution in [3.8, 4) is 6.07 Å². The van der Waals surface area contributed by atoms with Crippen LogP contribution in [0.2, 0.25) is 5.02 Å². The van der Waals surface area contributed by atoms with Gasteiger partial charge in [0.05, 0.1) is 23.2 Å². The Hall–Kier alpha value is -1.31. The molecule has 2 atom stereocenters. The van der Waals surface area contributed by atoms with Crippen LogP contribution in [0.4, 0.5) is 10.1 Å². The zero-order chi connectivity index (χ0) is 12.4. The van der Waals surface area contributed by atoms with E-state index in [1.807, 2.05) is 6.07 Å². The van der Waals surface area contributed by atoms with Gasteiger partial charge in [-0.15, -0.1) is 0 Å². The van der Waals surface area contributed by atoms with Crippen molar-refractivity contribution in [2.75, 3.05) is 18.1 Å². The molecule has 90 valence electrons. The molecule has 1 aliphatic rings. The fourth-order valence-electron chi connectivity index (χ4n) is 2.12. The molecule has 3 nitrogen and oxygen atoms in total. The van der Waals surface area contributed by atoms with E-state index >= 15 is 0 Å². The number of halogens is 2. The summed E-state index contributed by atoms with van der Waals surface area (Å²) in [4.78, 5) is 1.79. The number of benzene rings is 1. The highest BCUT2D eigenvalue weighted by Crippen LogP contribution is 2.30. The number of hydrogen-bond acceptors (Lipinski definition) is 3. The maximum absolute atomic E-state index is 13.3. The summed E-state index contributed by atoms with van der Waals surface area (Å²) >= 11 is 5.93. The van der Waals surface area contributed by atoms with Crippen LogP contribution in [0.15, 0.2) is 18.2 Å². The van der Waals surface area contributed by atoms with Crippen molar-refractivity contribution in [2.24, 2.45) is 0 Å². The van der Waals surface area contributed by atoms with Crippen LogP contribution < -0.4 is 4.90 Å². The van der Waals surface area contributed by atoms with E-state index in [0.717, 1.165) is 5.69 Å². The van der Waals surface area contributed by atoms with E-state index < -0.39 is 6.17 Å². The lowest BCUT2D eigenvalue weighted by atomic mass is 10.2. The van der Waals surface area contributed by atoms with Crippen molar-refractivity contribution < 1.29 is 9.50 Å². The zero-order valence-corrected chi connectivity index (χ0v) is 9.86. The molecule has 1 aliphatic heterocycles. The third-order valence-corrected chi connectivity index (χ3v) is 3.29. The van der Waals surface area contributed by atoms with E-state index in [9.17, 15) is 9.50 Å². The topological polar surface area (TPSA) is 47.3 Å². The summed E-state index contributed by atoms with van der Waals surface area (Å²) in [5, 5.41) is 18.3. The Kier molecular flexibility index (Phi) is 3.51. The third-order valence-electron chi connectivity index (χ3n) is 2.98. The Morgan fingerprint density at radius 2 is 2.35 bits per heavy atom. The van der Waals surface area contributed by atoms with Gasteiger partial charge in [-0.05, 0) is 18.2 Å². The molecule has 5 heteroatoms. The van der Waals surface area contributed by atoms with Gasteiger partial charge in [-0.2, -0.15) is 5.26 Å². The summed E-state index contributed by atoms with van der Waals surface area (Å²) in [6.45, 7) is 0.172. The van der Waals surface area contributed by atoms with E-state index in [2.05, 4.69) is 0 Å². The molecular formula is C12H12ClFN2O. The van der Waals surface area contributed by atoms with Crippen LogP contribution in [0, 0.1) is 11.3 Å². The van der Waals surface area contributed by atoms with E-state index in [-0.39, 0.29) is 19.2 Å². The highest BCUT2D eigenvalue weighted by atomic mass is 35.5. The molecule has 0 amide bonds. The molecule has 1 N–H and O–H groups in total. The highest BCUT2D eigenvalue weighted by molar-refractivity contribution is 6.32. The van der Waals surface area contributed by atoms with Crippen LogP contribution in [0.3, 0.4) is 0 Å². The normalized spacial score (nSPS) is 23.8. The van der Waals surface area contributed by atoms with Crippen molar-refractivity contribution >= 4 is 17.3 Å². The average molecular weight is 255 g/mol. The van der Waals surface area contributed by atoms with Gasteiger partial charge in [0.15, 0.2) is 0 Å². The fraction of sp³-hybridized carbons (Fsp3) is 0.417. The summed E-state index contributed by atoms with van der Waals surface area (Å²) in [6.07, 6.45) is -0.602. The lowest BCUT2D eigenvalue weighted by Gasteiger charge is -2.25. The van der Waals surface area contributed by atoms with Gasteiger partial charge in [0.2, 0.25) is 0 Å². The van der Waals surface area contributed by atoms with Crippen molar-refractivity contribution in [1.29, 1.82) is 5.26 Å². The largest absolute Gasteiger partial charge is 0.394 e. The molecule has 1 aromatic carbocycles. The predicted octanol–water partition coefficient (Wildman–Crippen LogP) is 2.12. The van der Waals surface area contributed by atoms with E-state index in [0.29, 0.717) is 17.0 Å². The molecule has 0 radical (unpaired) electrons. The standard InChI is InChI=1S/C12H12ClFN2O/c13-12-4-10(2-1-8(12)5-15)16-6-9(14)3-11(16)7-17/h1-2,4,9,11,17H,3,6-7H2/t9-,11-/m0/s1. The minimum absolute atomic E-state index is 0.0853. The van der Waals surface area contributed by atoms with Gasteiger partial charge in [0.1, 0.15) is 12.2 Å². The van der Waals surface area contributed by atoms with Crippen LogP contribution in [-0.4, -0.2) is 30.5 Å². The molecule has 1 aromatic rings. The lowest BCUT2D eigenvalue weighted by Crippen LogP contribution is -2.32. The molecule has 0 spiro atoms. The first kappa shape index (κ1) is 12.2. The summed E-state index contributed by atoms with van der Waals surface area (Å²) < 4.78 is 13.3. The van der Waals surface area contributed by atoms with Crippen molar-refractivity contribution in [3.05, 3.63) is 28.8 Å². The SMILES string of the molecule is N#Cc1ccc(N2C[C@@H](F)C[C@H]2CO)cc1Cl. The second-order valence-electron chi connectivity index (χ2n) is 4.10. The zero-order valence-electron chi connectivity index (χ0n) is 9.11. The molecule has 17 heavy (non-hydrogen) atoms. The number of rotatable bonds is 2. The van der Waals surface area contributed by atoms with Gasteiger partial charge in [0.25, 0.3) is 0 Å². The van der Waals surface area contributed by atoms with E-state index in [4.69, 9.17) is 16.9 Å². The van der Waals surface area contributed by atoms with Crippen LogP contribution in [0.1, 0.15) is 12.0 Å². The minimum Gasteiger partial charge on any atom is -0.394 e. The number of nitrogens with zero attached hydrogens (tertiary/aromatic N) is 2. The Morgan fingerprint density at radius 3 is 2.94 bits per heavy atom. The van der Waals surface area contributed by atoms with Gasteiger partial charge in [0, 0.05) is 18.7 Å². The third kappa shape index (κ3) is 2.36. The molecule has 0 unspecified atom stereocenters. The Morgan fingerprint density at radius 1 is 1.59 bits per heavy atom. The minimum atomic E-state index is -0.929. The quantitative estimate of drug-likeness (QED) is 0.879. The first-order valence-electron chi connectivity index (χ1n) is 5.37. The average Bonchev–Trinajstić information content (AvgIpc) is 2.70. The van der Waals surface area contributed by atoms with E-state index in [1.54, 1.807) is 23.1 Å². The van der Waals surface area contributed by atoms with Crippen LogP contribution in [0.25, 0.3) is 0 Å². The highest BCUT2D eigenvalue weighted by Gasteiger charge is 2.31. The second-order valence-corrected chi connectivity index (χ2v) is 4.50. The van der Waals surface area contributed by atoms with Crippen molar-refractivity contribution in [1.82, 2.24) is 0 Å². The first-order chi connectivity index (χ1) is 8.15. The van der Waals surface area contributed by atoms with Crippen molar-refractivity contribution in [3.63, 3.8) is 0 Å². The van der Waals surface area contributed by atoms with Gasteiger partial charge in [-0.3, -0.25) is 0 Å². The number of hydrogen-bond donors (Lipinski definition) is 1. The predicted molar refractivity (Wildman–Crippen MR) is 63.9 cm³/mol. The number of nitriles is 1. The number of aliphatic hydroxyl groups excluding tert-OH is 1.